The number of amides is 1. The number of nitrogens with one attached hydrogen (secondary N) is 1. The Kier molecular flexibility index (Phi) is 4.63. The van der Waals surface area contributed by atoms with Crippen LogP contribution in [0.5, 0.6) is 5.75 Å². The smallest absolute Gasteiger partial charge is 0.233 e. The van der Waals surface area contributed by atoms with Crippen molar-refractivity contribution >= 4 is 5.91 Å². The lowest BCUT2D eigenvalue weighted by Gasteiger charge is -2.42. The Labute approximate surface area is 152 Å². The minimum Gasteiger partial charge on any atom is -0.492 e. The SMILES string of the molecule is CC1(C(=O)N2CCC(COc3ccc(-c4ccn[nH]4)nc3)CC2)COC1. The van der Waals surface area contributed by atoms with Gasteiger partial charge >= 0.3 is 0 Å². The van der Waals surface area contributed by atoms with Gasteiger partial charge in [-0.2, -0.15) is 5.10 Å². The normalized spacial score (nSPS) is 19.8. The van der Waals surface area contributed by atoms with Crippen LogP contribution in [0.25, 0.3) is 11.4 Å². The van der Waals surface area contributed by atoms with E-state index in [-0.39, 0.29) is 11.3 Å². The molecular weight excluding hydrogens is 332 g/mol. The number of rotatable bonds is 5. The van der Waals surface area contributed by atoms with Crippen molar-refractivity contribution in [2.24, 2.45) is 11.3 Å². The van der Waals surface area contributed by atoms with Crippen molar-refractivity contribution in [1.82, 2.24) is 20.1 Å². The van der Waals surface area contributed by atoms with Crippen LogP contribution in [0.4, 0.5) is 0 Å². The molecule has 138 valence electrons. The summed E-state index contributed by atoms with van der Waals surface area (Å²) in [5.41, 5.74) is 1.43. The maximum atomic E-state index is 12.5. The van der Waals surface area contributed by atoms with Crippen LogP contribution < -0.4 is 4.74 Å². The molecule has 0 aromatic carbocycles. The first kappa shape index (κ1) is 17.0. The number of aromatic amines is 1. The summed E-state index contributed by atoms with van der Waals surface area (Å²) in [6, 6.07) is 5.73. The molecule has 2 aliphatic rings. The van der Waals surface area contributed by atoms with Crippen molar-refractivity contribution in [3.8, 4) is 17.1 Å². The molecule has 0 aliphatic carbocycles. The molecule has 0 unspecified atom stereocenters. The Morgan fingerprint density at radius 3 is 2.73 bits per heavy atom. The van der Waals surface area contributed by atoms with Crippen LogP contribution in [0.15, 0.2) is 30.6 Å². The van der Waals surface area contributed by atoms with E-state index < -0.39 is 0 Å². The molecule has 1 amide bonds. The summed E-state index contributed by atoms with van der Waals surface area (Å²) in [6.07, 6.45) is 5.40. The van der Waals surface area contributed by atoms with Gasteiger partial charge in [-0.15, -0.1) is 0 Å². The van der Waals surface area contributed by atoms with Gasteiger partial charge in [-0.05, 0) is 43.9 Å². The van der Waals surface area contributed by atoms with E-state index in [0.29, 0.717) is 25.7 Å². The van der Waals surface area contributed by atoms with Gasteiger partial charge in [0.25, 0.3) is 0 Å². The fraction of sp³-hybridized carbons (Fsp3) is 0.526. The lowest BCUT2D eigenvalue weighted by atomic mass is 9.85. The van der Waals surface area contributed by atoms with Gasteiger partial charge in [0.2, 0.25) is 5.91 Å². The maximum Gasteiger partial charge on any atom is 0.233 e. The third kappa shape index (κ3) is 3.44. The van der Waals surface area contributed by atoms with Gasteiger partial charge in [-0.3, -0.25) is 14.9 Å². The number of hydrogen-bond acceptors (Lipinski definition) is 5. The Hall–Kier alpha value is -2.41. The van der Waals surface area contributed by atoms with Crippen LogP contribution in [0.1, 0.15) is 19.8 Å². The largest absolute Gasteiger partial charge is 0.492 e. The molecular formula is C19H24N4O3. The fourth-order valence-electron chi connectivity index (χ4n) is 3.45. The zero-order valence-electron chi connectivity index (χ0n) is 15.0. The predicted octanol–water partition coefficient (Wildman–Crippen LogP) is 2.13. The van der Waals surface area contributed by atoms with Gasteiger partial charge in [-0.1, -0.05) is 0 Å². The van der Waals surface area contributed by atoms with Gasteiger partial charge in [0.05, 0.1) is 42.8 Å². The molecule has 2 aromatic heterocycles. The van der Waals surface area contributed by atoms with Crippen LogP contribution in [-0.4, -0.2) is 58.9 Å². The second-order valence-corrected chi connectivity index (χ2v) is 7.45. The Morgan fingerprint density at radius 1 is 1.35 bits per heavy atom. The third-order valence-corrected chi connectivity index (χ3v) is 5.26. The van der Waals surface area contributed by atoms with E-state index in [1.165, 1.54) is 0 Å². The molecule has 2 aromatic rings. The average molecular weight is 356 g/mol. The second-order valence-electron chi connectivity index (χ2n) is 7.45. The quantitative estimate of drug-likeness (QED) is 0.888. The first-order chi connectivity index (χ1) is 12.6. The van der Waals surface area contributed by atoms with E-state index in [0.717, 1.165) is 43.1 Å². The lowest BCUT2D eigenvalue weighted by molar-refractivity contribution is -0.170. The first-order valence-corrected chi connectivity index (χ1v) is 9.10. The van der Waals surface area contributed by atoms with E-state index in [2.05, 4.69) is 15.2 Å². The second kappa shape index (κ2) is 7.07. The molecule has 0 radical (unpaired) electrons. The van der Waals surface area contributed by atoms with Crippen molar-refractivity contribution < 1.29 is 14.3 Å². The van der Waals surface area contributed by atoms with E-state index in [9.17, 15) is 4.79 Å². The minimum atomic E-state index is -0.300. The fourth-order valence-corrected chi connectivity index (χ4v) is 3.45. The summed E-state index contributed by atoms with van der Waals surface area (Å²) in [6.45, 7) is 5.37. The highest BCUT2D eigenvalue weighted by molar-refractivity contribution is 5.83. The summed E-state index contributed by atoms with van der Waals surface area (Å²) < 4.78 is 11.1. The summed E-state index contributed by atoms with van der Waals surface area (Å²) in [5.74, 6) is 1.48. The molecule has 2 aliphatic heterocycles. The zero-order valence-corrected chi connectivity index (χ0v) is 15.0. The van der Waals surface area contributed by atoms with Crippen LogP contribution >= 0.6 is 0 Å². The molecule has 26 heavy (non-hydrogen) atoms. The number of carbonyl (C=O) groups is 1. The number of likely N-dealkylation sites (tertiary alicyclic amines) is 1. The van der Waals surface area contributed by atoms with Crippen LogP contribution in [-0.2, 0) is 9.53 Å². The monoisotopic (exact) mass is 356 g/mol. The van der Waals surface area contributed by atoms with E-state index in [4.69, 9.17) is 9.47 Å². The molecule has 2 fully saturated rings. The van der Waals surface area contributed by atoms with E-state index in [1.54, 1.807) is 12.4 Å². The van der Waals surface area contributed by atoms with Crippen molar-refractivity contribution in [3.05, 3.63) is 30.6 Å². The van der Waals surface area contributed by atoms with Crippen LogP contribution in [0.2, 0.25) is 0 Å². The van der Waals surface area contributed by atoms with Crippen molar-refractivity contribution in [1.29, 1.82) is 0 Å². The Balaban J connectivity index is 1.24. The van der Waals surface area contributed by atoms with Gasteiger partial charge in [0, 0.05) is 19.3 Å². The molecule has 0 spiro atoms. The Bertz CT molecular complexity index is 733. The van der Waals surface area contributed by atoms with Gasteiger partial charge in [-0.25, -0.2) is 0 Å². The maximum absolute atomic E-state index is 12.5. The van der Waals surface area contributed by atoms with Crippen molar-refractivity contribution in [2.45, 2.75) is 19.8 Å². The third-order valence-electron chi connectivity index (χ3n) is 5.26. The Morgan fingerprint density at radius 2 is 2.15 bits per heavy atom. The molecule has 1 N–H and O–H groups in total. The molecule has 4 rings (SSSR count). The van der Waals surface area contributed by atoms with Crippen LogP contribution in [0.3, 0.4) is 0 Å². The highest BCUT2D eigenvalue weighted by Gasteiger charge is 2.44. The van der Waals surface area contributed by atoms with Gasteiger partial charge in [0.1, 0.15) is 5.75 Å². The van der Waals surface area contributed by atoms with Crippen molar-refractivity contribution in [3.63, 3.8) is 0 Å². The number of carbonyl (C=O) groups excluding carboxylic acids is 1. The van der Waals surface area contributed by atoms with Gasteiger partial charge in [0.15, 0.2) is 0 Å². The predicted molar refractivity (Wildman–Crippen MR) is 95.5 cm³/mol. The summed E-state index contributed by atoms with van der Waals surface area (Å²) in [5, 5.41) is 6.83. The first-order valence-electron chi connectivity index (χ1n) is 9.10. The number of aromatic nitrogens is 3. The number of H-pyrrole nitrogens is 1. The minimum absolute atomic E-state index is 0.238. The molecule has 2 saturated heterocycles. The topological polar surface area (TPSA) is 80.3 Å². The molecule has 7 nitrogen and oxygen atoms in total. The van der Waals surface area contributed by atoms with E-state index >= 15 is 0 Å². The summed E-state index contributed by atoms with van der Waals surface area (Å²) in [7, 11) is 0. The van der Waals surface area contributed by atoms with Gasteiger partial charge < -0.3 is 14.4 Å². The van der Waals surface area contributed by atoms with Crippen molar-refractivity contribution in [2.75, 3.05) is 32.9 Å². The molecule has 7 heteroatoms. The highest BCUT2D eigenvalue weighted by atomic mass is 16.5. The molecule has 0 saturated carbocycles. The number of ether oxygens (including phenoxy) is 2. The summed E-state index contributed by atoms with van der Waals surface area (Å²) in [4.78, 5) is 18.9. The van der Waals surface area contributed by atoms with Crippen LogP contribution in [0, 0.1) is 11.3 Å². The number of pyridine rings is 1. The lowest BCUT2D eigenvalue weighted by Crippen LogP contribution is -2.55. The molecule has 0 atom stereocenters. The number of piperidine rings is 1. The molecule has 0 bridgehead atoms. The standard InChI is InChI=1S/C19H24N4O3/c1-19(12-25-13-19)18(24)23-8-5-14(6-9-23)11-26-15-2-3-16(20-10-15)17-4-7-21-22-17/h2-4,7,10,14H,5-6,8-9,11-13H2,1H3,(H,21,22). The van der Waals surface area contributed by atoms with E-state index in [1.807, 2.05) is 30.0 Å². The summed E-state index contributed by atoms with van der Waals surface area (Å²) >= 11 is 0. The number of nitrogens with zero attached hydrogens (tertiary/aromatic N) is 3. The highest BCUT2D eigenvalue weighted by Crippen LogP contribution is 2.31. The zero-order chi connectivity index (χ0) is 18.0. The average Bonchev–Trinajstić information content (AvgIpc) is 3.19. The number of hydrogen-bond donors (Lipinski definition) is 1. The molecule has 4 heterocycles.